The van der Waals surface area contributed by atoms with E-state index in [-0.39, 0.29) is 40.3 Å². The monoisotopic (exact) mass is 359 g/mol. The Kier molecular flexibility index (Phi) is 20.6. The van der Waals surface area contributed by atoms with Crippen LogP contribution in [0.3, 0.4) is 0 Å². The van der Waals surface area contributed by atoms with Crippen LogP contribution in [0, 0.1) is 0 Å². The van der Waals surface area contributed by atoms with Crippen molar-refractivity contribution in [1.29, 1.82) is 0 Å². The van der Waals surface area contributed by atoms with Gasteiger partial charge >= 0.3 is 40.3 Å². The van der Waals surface area contributed by atoms with Crippen molar-refractivity contribution in [3.05, 3.63) is 121 Å². The van der Waals surface area contributed by atoms with Crippen molar-refractivity contribution in [2.45, 2.75) is 0 Å². The summed E-state index contributed by atoms with van der Waals surface area (Å²) < 4.78 is 0. The zero-order valence-electron chi connectivity index (χ0n) is 12.5. The second-order valence-corrected chi connectivity index (χ2v) is 3.85. The molecule has 0 fully saturated rings. The molecule has 2 heteroatoms. The van der Waals surface area contributed by atoms with Gasteiger partial charge in [0.15, 0.2) is 0 Å². The molecule has 0 N–H and O–H groups in total. The summed E-state index contributed by atoms with van der Waals surface area (Å²) in [6.07, 6.45) is 0. The van der Waals surface area contributed by atoms with Crippen LogP contribution in [0.4, 0.5) is 0 Å². The number of rotatable bonds is 0. The maximum Gasteiger partial charge on any atom is 2.00 e. The molecule has 109 valence electrons. The Bertz CT molecular complexity index is 343. The Balaban J connectivity index is 0. The summed E-state index contributed by atoms with van der Waals surface area (Å²) in [5, 5.41) is 0. The van der Waals surface area contributed by atoms with Gasteiger partial charge in [-0.3, -0.25) is 0 Å². The van der Waals surface area contributed by atoms with Gasteiger partial charge in [0.2, 0.25) is 0 Å². The molecule has 0 aromatic heterocycles. The molecule has 0 aliphatic heterocycles. The van der Waals surface area contributed by atoms with E-state index in [1.807, 2.05) is 121 Å². The molecule has 0 aliphatic rings. The summed E-state index contributed by atoms with van der Waals surface area (Å²) in [4.78, 5) is 0. The third-order valence-corrected chi connectivity index (χ3v) is 2.22. The largest absolute Gasteiger partial charge is 2.00 e. The molecule has 0 saturated carbocycles. The molecule has 0 saturated heterocycles. The van der Waals surface area contributed by atoms with Crippen LogP contribution < -0.4 is 0 Å². The van der Waals surface area contributed by atoms with Crippen LogP contribution in [-0.2, 0) is 40.3 Å². The standard InChI is InChI=1S/4C5H5.Ti.V/c4*1-2-4-5-3-1;;/h4*1-5H;;/q4*-1;2*+2. The van der Waals surface area contributed by atoms with Crippen molar-refractivity contribution >= 4 is 0 Å². The average Bonchev–Trinajstić information content (AvgIpc) is 3.40. The van der Waals surface area contributed by atoms with Crippen LogP contribution >= 0.6 is 0 Å². The van der Waals surface area contributed by atoms with Gasteiger partial charge in [-0.05, 0) is 0 Å². The zero-order valence-corrected chi connectivity index (χ0v) is 15.5. The Morgan fingerprint density at radius 3 is 0.500 bits per heavy atom. The first-order valence-electron chi connectivity index (χ1n) is 6.67. The minimum atomic E-state index is 0. The van der Waals surface area contributed by atoms with Gasteiger partial charge in [0.25, 0.3) is 0 Å². The van der Waals surface area contributed by atoms with Gasteiger partial charge < -0.3 is 0 Å². The molecule has 0 atom stereocenters. The van der Waals surface area contributed by atoms with Crippen LogP contribution in [-0.4, -0.2) is 0 Å². The van der Waals surface area contributed by atoms with Crippen LogP contribution in [0.1, 0.15) is 0 Å². The average molecular weight is 359 g/mol. The molecule has 1 radical (unpaired) electrons. The normalized spacial score (nSPS) is 7.27. The molecule has 0 amide bonds. The first-order valence-corrected chi connectivity index (χ1v) is 6.67. The molecule has 0 heterocycles. The van der Waals surface area contributed by atoms with Crippen LogP contribution in [0.2, 0.25) is 0 Å². The summed E-state index contributed by atoms with van der Waals surface area (Å²) in [6, 6.07) is 40.0. The first-order chi connectivity index (χ1) is 10.0. The van der Waals surface area contributed by atoms with Crippen molar-refractivity contribution in [2.24, 2.45) is 0 Å². The third kappa shape index (κ3) is 16.8. The second-order valence-electron chi connectivity index (χ2n) is 3.85. The molecule has 0 aliphatic carbocycles. The van der Waals surface area contributed by atoms with Gasteiger partial charge in [0.1, 0.15) is 0 Å². The van der Waals surface area contributed by atoms with E-state index in [2.05, 4.69) is 0 Å². The van der Waals surface area contributed by atoms with E-state index in [4.69, 9.17) is 0 Å². The third-order valence-electron chi connectivity index (χ3n) is 2.22. The fraction of sp³-hybridized carbons (Fsp3) is 0. The molecule has 4 rings (SSSR count). The number of hydrogen-bond donors (Lipinski definition) is 0. The zero-order chi connectivity index (χ0) is 14.1. The summed E-state index contributed by atoms with van der Waals surface area (Å²) >= 11 is 0. The summed E-state index contributed by atoms with van der Waals surface area (Å²) in [5.41, 5.74) is 0. The van der Waals surface area contributed by atoms with Crippen molar-refractivity contribution in [3.63, 3.8) is 0 Å². The SMILES string of the molecule is [Ti+2].[V+2].c1cc[cH-]c1.c1cc[cH-]c1.c1cc[cH-]c1.c1cc[cH-]c1. The molecule has 0 unspecified atom stereocenters. The minimum Gasteiger partial charge on any atom is -0.214 e. The van der Waals surface area contributed by atoms with Gasteiger partial charge in [0.05, 0.1) is 0 Å². The molecule has 0 nitrogen and oxygen atoms in total. The van der Waals surface area contributed by atoms with Gasteiger partial charge in [-0.1, -0.05) is 0 Å². The summed E-state index contributed by atoms with van der Waals surface area (Å²) in [5.74, 6) is 0. The van der Waals surface area contributed by atoms with Crippen LogP contribution in [0.15, 0.2) is 121 Å². The van der Waals surface area contributed by atoms with Crippen molar-refractivity contribution < 1.29 is 40.3 Å². The van der Waals surface area contributed by atoms with Crippen LogP contribution in [0.5, 0.6) is 0 Å². The molecular weight excluding hydrogens is 339 g/mol. The maximum absolute atomic E-state index is 2.00. The first kappa shape index (κ1) is 23.0. The predicted molar refractivity (Wildman–Crippen MR) is 88.1 cm³/mol. The van der Waals surface area contributed by atoms with Gasteiger partial charge in [-0.15, -0.1) is 0 Å². The van der Waals surface area contributed by atoms with Crippen molar-refractivity contribution in [1.82, 2.24) is 0 Å². The van der Waals surface area contributed by atoms with E-state index in [0.717, 1.165) is 0 Å². The molecule has 0 bridgehead atoms. The number of hydrogen-bond acceptors (Lipinski definition) is 0. The van der Waals surface area contributed by atoms with Crippen LogP contribution in [0.25, 0.3) is 0 Å². The minimum absolute atomic E-state index is 0. The van der Waals surface area contributed by atoms with E-state index in [1.165, 1.54) is 0 Å². The van der Waals surface area contributed by atoms with E-state index in [9.17, 15) is 0 Å². The van der Waals surface area contributed by atoms with Crippen molar-refractivity contribution in [3.8, 4) is 0 Å². The van der Waals surface area contributed by atoms with Gasteiger partial charge in [0, 0.05) is 0 Å². The fourth-order valence-corrected chi connectivity index (χ4v) is 1.28. The molecule has 22 heavy (non-hydrogen) atoms. The van der Waals surface area contributed by atoms with Gasteiger partial charge in [-0.2, -0.15) is 72.8 Å². The van der Waals surface area contributed by atoms with E-state index in [0.29, 0.717) is 0 Å². The smallest absolute Gasteiger partial charge is 0.214 e. The fourth-order valence-electron chi connectivity index (χ4n) is 1.28. The molecule has 0 spiro atoms. The Morgan fingerprint density at radius 1 is 0.318 bits per heavy atom. The Labute approximate surface area is 161 Å². The summed E-state index contributed by atoms with van der Waals surface area (Å²) in [6.45, 7) is 0. The van der Waals surface area contributed by atoms with E-state index < -0.39 is 0 Å². The second kappa shape index (κ2) is 19.7. The van der Waals surface area contributed by atoms with E-state index in [1.54, 1.807) is 0 Å². The maximum atomic E-state index is 2.00. The molecule has 4 aromatic carbocycles. The summed E-state index contributed by atoms with van der Waals surface area (Å²) in [7, 11) is 0. The van der Waals surface area contributed by atoms with Gasteiger partial charge in [-0.25, -0.2) is 48.5 Å². The Hall–Kier alpha value is -1.30. The van der Waals surface area contributed by atoms with E-state index >= 15 is 0 Å². The quantitative estimate of drug-likeness (QED) is 0.283. The topological polar surface area (TPSA) is 0 Å². The van der Waals surface area contributed by atoms with Crippen molar-refractivity contribution in [2.75, 3.05) is 0 Å². The molecule has 4 aromatic rings. The predicted octanol–water partition coefficient (Wildman–Crippen LogP) is 5.62. The molecular formula is C20H20TiV. The Morgan fingerprint density at radius 2 is 0.455 bits per heavy atom.